The van der Waals surface area contributed by atoms with Gasteiger partial charge in [-0.15, -0.1) is 0 Å². The maximum Gasteiger partial charge on any atom is 0.262 e. The van der Waals surface area contributed by atoms with Crippen molar-refractivity contribution in [2.24, 2.45) is 0 Å². The molecule has 0 aromatic heterocycles. The number of carbonyl (C=O) groups is 2. The highest BCUT2D eigenvalue weighted by atomic mass is 16.5. The Morgan fingerprint density at radius 3 is 2.19 bits per heavy atom. The number of ketones is 1. The number of rotatable bonds is 6. The van der Waals surface area contributed by atoms with E-state index in [2.05, 4.69) is 26.1 Å². The van der Waals surface area contributed by atoms with Crippen LogP contribution in [0.4, 0.5) is 5.69 Å². The lowest BCUT2D eigenvalue weighted by molar-refractivity contribution is -0.118. The van der Waals surface area contributed by atoms with Gasteiger partial charge in [-0.2, -0.15) is 0 Å². The van der Waals surface area contributed by atoms with Crippen LogP contribution in [0.5, 0.6) is 5.75 Å². The molecule has 3 rings (SSSR count). The highest BCUT2D eigenvalue weighted by Crippen LogP contribution is 2.23. The Morgan fingerprint density at radius 1 is 0.839 bits per heavy atom. The Bertz CT molecular complexity index is 1090. The molecule has 0 fully saturated rings. The molecule has 0 unspecified atom stereocenters. The smallest absolute Gasteiger partial charge is 0.262 e. The molecule has 0 radical (unpaired) electrons. The first-order valence-corrected chi connectivity index (χ1v) is 10.4. The first kappa shape index (κ1) is 22.3. The van der Waals surface area contributed by atoms with Crippen LogP contribution < -0.4 is 10.1 Å². The minimum absolute atomic E-state index is 0.0329. The molecule has 3 aromatic carbocycles. The molecule has 0 heterocycles. The van der Waals surface area contributed by atoms with Crippen molar-refractivity contribution in [1.29, 1.82) is 0 Å². The van der Waals surface area contributed by atoms with Crippen LogP contribution in [0.1, 0.15) is 53.4 Å². The Hall–Kier alpha value is -3.40. The summed E-state index contributed by atoms with van der Waals surface area (Å²) in [5, 5.41) is 2.80. The van der Waals surface area contributed by atoms with Crippen LogP contribution in [0.15, 0.2) is 66.7 Å². The van der Waals surface area contributed by atoms with Crippen molar-refractivity contribution in [3.8, 4) is 5.75 Å². The molecule has 31 heavy (non-hydrogen) atoms. The molecule has 0 bridgehead atoms. The first-order valence-electron chi connectivity index (χ1n) is 10.4. The Kier molecular flexibility index (Phi) is 6.59. The molecule has 4 heteroatoms. The summed E-state index contributed by atoms with van der Waals surface area (Å²) in [7, 11) is 0. The van der Waals surface area contributed by atoms with Gasteiger partial charge in [0.15, 0.2) is 12.4 Å². The van der Waals surface area contributed by atoms with Gasteiger partial charge in [-0.3, -0.25) is 9.59 Å². The van der Waals surface area contributed by atoms with Gasteiger partial charge in [0.05, 0.1) is 0 Å². The summed E-state index contributed by atoms with van der Waals surface area (Å²) < 4.78 is 5.58. The van der Waals surface area contributed by atoms with Gasteiger partial charge in [0, 0.05) is 16.8 Å². The summed E-state index contributed by atoms with van der Waals surface area (Å²) in [5.74, 6) is 0.293. The van der Waals surface area contributed by atoms with Crippen molar-refractivity contribution in [3.63, 3.8) is 0 Å². The predicted octanol–water partition coefficient (Wildman–Crippen LogP) is 5.85. The number of aryl methyl sites for hydroxylation is 2. The minimum atomic E-state index is -0.280. The fraction of sp³-hybridized carbons (Fsp3) is 0.259. The monoisotopic (exact) mass is 415 g/mol. The second-order valence-electron chi connectivity index (χ2n) is 8.82. The molecule has 4 nitrogen and oxygen atoms in total. The Morgan fingerprint density at radius 2 is 1.55 bits per heavy atom. The lowest BCUT2D eigenvalue weighted by Crippen LogP contribution is -2.20. The van der Waals surface area contributed by atoms with Crippen molar-refractivity contribution < 1.29 is 14.3 Å². The van der Waals surface area contributed by atoms with E-state index in [9.17, 15) is 9.59 Å². The standard InChI is InChI=1S/C27H29NO3/c1-18-9-14-24(15-19(18)2)31-17-25(29)28-23-8-6-7-21(16-23)26(30)20-10-12-22(13-11-20)27(3,4)5/h6-16H,17H2,1-5H3,(H,28,29). The van der Waals surface area contributed by atoms with E-state index < -0.39 is 0 Å². The molecule has 1 amide bonds. The average Bonchev–Trinajstić information content (AvgIpc) is 2.74. The summed E-state index contributed by atoms with van der Waals surface area (Å²) >= 11 is 0. The van der Waals surface area contributed by atoms with E-state index in [1.165, 1.54) is 11.1 Å². The second kappa shape index (κ2) is 9.17. The second-order valence-corrected chi connectivity index (χ2v) is 8.82. The molecule has 0 atom stereocenters. The Labute approximate surface area is 184 Å². The van der Waals surface area contributed by atoms with Crippen molar-refractivity contribution in [2.45, 2.75) is 40.0 Å². The van der Waals surface area contributed by atoms with E-state index in [4.69, 9.17) is 4.74 Å². The summed E-state index contributed by atoms with van der Waals surface area (Å²) in [6, 6.07) is 20.4. The number of hydrogen-bond acceptors (Lipinski definition) is 3. The molecule has 0 aliphatic carbocycles. The fourth-order valence-electron chi connectivity index (χ4n) is 3.18. The molecule has 1 N–H and O–H groups in total. The van der Waals surface area contributed by atoms with Crippen LogP contribution in [0.3, 0.4) is 0 Å². The molecule has 0 aliphatic rings. The quantitative estimate of drug-likeness (QED) is 0.514. The zero-order valence-corrected chi connectivity index (χ0v) is 18.8. The van der Waals surface area contributed by atoms with Gasteiger partial charge >= 0.3 is 0 Å². The number of carbonyl (C=O) groups excluding carboxylic acids is 2. The van der Waals surface area contributed by atoms with Gasteiger partial charge in [-0.05, 0) is 60.2 Å². The molecule has 0 saturated carbocycles. The first-order chi connectivity index (χ1) is 14.6. The van der Waals surface area contributed by atoms with Crippen molar-refractivity contribution >= 4 is 17.4 Å². The average molecular weight is 416 g/mol. The van der Waals surface area contributed by atoms with Crippen molar-refractivity contribution in [2.75, 3.05) is 11.9 Å². The molecule has 0 spiro atoms. The zero-order valence-electron chi connectivity index (χ0n) is 18.8. The van der Waals surface area contributed by atoms with Gasteiger partial charge in [-0.1, -0.05) is 63.2 Å². The number of amides is 1. The maximum absolute atomic E-state index is 12.9. The van der Waals surface area contributed by atoms with Crippen molar-refractivity contribution in [3.05, 3.63) is 94.5 Å². The van der Waals surface area contributed by atoms with Crippen LogP contribution in [0, 0.1) is 13.8 Å². The topological polar surface area (TPSA) is 55.4 Å². The van der Waals surface area contributed by atoms with Crippen LogP contribution in [0.25, 0.3) is 0 Å². The molecular weight excluding hydrogens is 386 g/mol. The summed E-state index contributed by atoms with van der Waals surface area (Å²) in [4.78, 5) is 25.2. The highest BCUT2D eigenvalue weighted by molar-refractivity contribution is 6.09. The molecule has 0 saturated heterocycles. The third-order valence-corrected chi connectivity index (χ3v) is 5.27. The van der Waals surface area contributed by atoms with Crippen LogP contribution >= 0.6 is 0 Å². The SMILES string of the molecule is Cc1ccc(OCC(=O)Nc2cccc(C(=O)c3ccc(C(C)(C)C)cc3)c2)cc1C. The largest absolute Gasteiger partial charge is 0.484 e. The van der Waals surface area contributed by atoms with E-state index in [1.807, 2.05) is 56.3 Å². The maximum atomic E-state index is 12.9. The predicted molar refractivity (Wildman–Crippen MR) is 125 cm³/mol. The van der Waals surface area contributed by atoms with Crippen LogP contribution in [-0.4, -0.2) is 18.3 Å². The Balaban J connectivity index is 1.64. The normalized spacial score (nSPS) is 11.1. The van der Waals surface area contributed by atoms with Gasteiger partial charge in [-0.25, -0.2) is 0 Å². The van der Waals surface area contributed by atoms with Gasteiger partial charge in [0.25, 0.3) is 5.91 Å². The van der Waals surface area contributed by atoms with Crippen LogP contribution in [-0.2, 0) is 10.2 Å². The van der Waals surface area contributed by atoms with E-state index in [1.54, 1.807) is 24.3 Å². The summed E-state index contributed by atoms with van der Waals surface area (Å²) in [6.45, 7) is 10.3. The third kappa shape index (κ3) is 5.82. The highest BCUT2D eigenvalue weighted by Gasteiger charge is 2.15. The number of ether oxygens (including phenoxy) is 1. The number of hydrogen-bond donors (Lipinski definition) is 1. The van der Waals surface area contributed by atoms with E-state index in [0.717, 1.165) is 5.56 Å². The summed E-state index contributed by atoms with van der Waals surface area (Å²) in [6.07, 6.45) is 0. The molecular formula is C27H29NO3. The van der Waals surface area contributed by atoms with Gasteiger partial charge in [0.1, 0.15) is 5.75 Å². The molecule has 0 aliphatic heterocycles. The third-order valence-electron chi connectivity index (χ3n) is 5.27. The van der Waals surface area contributed by atoms with E-state index >= 15 is 0 Å². The summed E-state index contributed by atoms with van der Waals surface area (Å²) in [5.41, 5.74) is 5.20. The minimum Gasteiger partial charge on any atom is -0.484 e. The van der Waals surface area contributed by atoms with Crippen molar-refractivity contribution in [1.82, 2.24) is 0 Å². The fourth-order valence-corrected chi connectivity index (χ4v) is 3.18. The van der Waals surface area contributed by atoms with Gasteiger partial charge < -0.3 is 10.1 Å². The van der Waals surface area contributed by atoms with Crippen LogP contribution in [0.2, 0.25) is 0 Å². The number of nitrogens with one attached hydrogen (secondary N) is 1. The number of benzene rings is 3. The molecule has 3 aromatic rings. The lowest BCUT2D eigenvalue weighted by Gasteiger charge is -2.19. The van der Waals surface area contributed by atoms with E-state index in [-0.39, 0.29) is 23.7 Å². The lowest BCUT2D eigenvalue weighted by atomic mass is 9.86. The van der Waals surface area contributed by atoms with Gasteiger partial charge in [0.2, 0.25) is 0 Å². The number of anilines is 1. The zero-order chi connectivity index (χ0) is 22.6. The molecule has 160 valence electrons. The van der Waals surface area contributed by atoms with E-state index in [0.29, 0.717) is 22.6 Å².